The fraction of sp³-hybridized carbons (Fsp3) is 0.833. The van der Waals surface area contributed by atoms with Crippen LogP contribution in [0, 0.1) is 16.7 Å². The third-order valence-corrected chi connectivity index (χ3v) is 4.34. The molecule has 2 fully saturated rings. The Kier molecular flexibility index (Phi) is 2.18. The molecular weight excluding hydrogens is 192 g/mol. The maximum atomic E-state index is 12.1. The van der Waals surface area contributed by atoms with Gasteiger partial charge in [-0.05, 0) is 32.1 Å². The predicted molar refractivity (Wildman–Crippen MR) is 55.4 cm³/mol. The van der Waals surface area contributed by atoms with Gasteiger partial charge in [0.1, 0.15) is 5.78 Å². The highest BCUT2D eigenvalue weighted by atomic mass is 16.4. The smallest absolute Gasteiger partial charge is 0.309 e. The van der Waals surface area contributed by atoms with E-state index in [1.165, 1.54) is 0 Å². The molecule has 0 saturated heterocycles. The molecule has 0 atom stereocenters. The Labute approximate surface area is 89.9 Å². The van der Waals surface area contributed by atoms with Crippen molar-refractivity contribution in [2.45, 2.75) is 46.0 Å². The van der Waals surface area contributed by atoms with Crippen molar-refractivity contribution in [2.24, 2.45) is 16.7 Å². The molecule has 0 heterocycles. The highest BCUT2D eigenvalue weighted by Gasteiger charge is 2.61. The predicted octanol–water partition coefficient (Wildman–Crippen LogP) is 2.25. The summed E-state index contributed by atoms with van der Waals surface area (Å²) in [6.07, 6.45) is 3.56. The van der Waals surface area contributed by atoms with E-state index in [4.69, 9.17) is 0 Å². The van der Waals surface area contributed by atoms with Gasteiger partial charge < -0.3 is 5.11 Å². The van der Waals surface area contributed by atoms with Gasteiger partial charge in [0.05, 0.1) is 5.41 Å². The molecule has 2 saturated carbocycles. The largest absolute Gasteiger partial charge is 0.481 e. The van der Waals surface area contributed by atoms with Crippen LogP contribution < -0.4 is 0 Å². The van der Waals surface area contributed by atoms with Crippen molar-refractivity contribution < 1.29 is 14.7 Å². The molecule has 0 spiro atoms. The van der Waals surface area contributed by atoms with Crippen LogP contribution in [0.25, 0.3) is 0 Å². The molecule has 1 N–H and O–H groups in total. The molecule has 2 aliphatic rings. The number of fused-ring (bicyclic) bond motifs is 2. The van der Waals surface area contributed by atoms with Crippen LogP contribution in [0.5, 0.6) is 0 Å². The van der Waals surface area contributed by atoms with E-state index in [0.29, 0.717) is 19.3 Å². The van der Waals surface area contributed by atoms with E-state index >= 15 is 0 Å². The molecule has 3 heteroatoms. The Morgan fingerprint density at radius 3 is 1.87 bits per heavy atom. The summed E-state index contributed by atoms with van der Waals surface area (Å²) < 4.78 is 0. The Morgan fingerprint density at radius 2 is 1.53 bits per heavy atom. The Bertz CT molecular complexity index is 309. The van der Waals surface area contributed by atoms with Crippen molar-refractivity contribution in [3.63, 3.8) is 0 Å². The van der Waals surface area contributed by atoms with Gasteiger partial charge in [0.15, 0.2) is 0 Å². The number of aliphatic carboxylic acids is 1. The van der Waals surface area contributed by atoms with E-state index in [9.17, 15) is 14.7 Å². The summed E-state index contributed by atoms with van der Waals surface area (Å²) in [6.45, 7) is 3.83. The lowest BCUT2D eigenvalue weighted by atomic mass is 9.76. The molecule has 84 valence electrons. The SMILES string of the molecule is CC(C)C(=O)C12CCC(C(=O)O)(CC1)C2. The van der Waals surface area contributed by atoms with Crippen molar-refractivity contribution >= 4 is 11.8 Å². The number of hydrogen-bond acceptors (Lipinski definition) is 2. The number of Topliss-reactive ketones (excluding diaryl/α,β-unsaturated/α-hetero) is 1. The number of carbonyl (C=O) groups is 2. The summed E-state index contributed by atoms with van der Waals surface area (Å²) in [7, 11) is 0. The molecule has 3 nitrogen and oxygen atoms in total. The molecule has 2 bridgehead atoms. The summed E-state index contributed by atoms with van der Waals surface area (Å²) >= 11 is 0. The molecule has 0 amide bonds. The van der Waals surface area contributed by atoms with Gasteiger partial charge in [0, 0.05) is 11.3 Å². The molecule has 0 aromatic carbocycles. The molecule has 2 rings (SSSR count). The molecule has 0 radical (unpaired) electrons. The molecule has 0 aromatic heterocycles. The van der Waals surface area contributed by atoms with E-state index in [2.05, 4.69) is 0 Å². The Balaban J connectivity index is 2.24. The maximum Gasteiger partial charge on any atom is 0.309 e. The van der Waals surface area contributed by atoms with E-state index < -0.39 is 11.4 Å². The lowest BCUT2D eigenvalue weighted by molar-refractivity contribution is -0.148. The number of carboxylic acid groups (broad SMARTS) is 1. The van der Waals surface area contributed by atoms with Gasteiger partial charge in [-0.2, -0.15) is 0 Å². The lowest BCUT2D eigenvalue weighted by Crippen LogP contribution is -2.30. The van der Waals surface area contributed by atoms with Crippen molar-refractivity contribution in [3.8, 4) is 0 Å². The summed E-state index contributed by atoms with van der Waals surface area (Å²) in [6, 6.07) is 0. The summed E-state index contributed by atoms with van der Waals surface area (Å²) in [5, 5.41) is 9.21. The first kappa shape index (κ1) is 10.7. The number of carboxylic acids is 1. The monoisotopic (exact) mass is 210 g/mol. The van der Waals surface area contributed by atoms with Gasteiger partial charge in [0.2, 0.25) is 0 Å². The average Bonchev–Trinajstić information content (AvgIpc) is 2.74. The second-order valence-electron chi connectivity index (χ2n) is 5.56. The second kappa shape index (κ2) is 3.06. The minimum atomic E-state index is -0.696. The van der Waals surface area contributed by atoms with Crippen LogP contribution in [0.4, 0.5) is 0 Å². The Morgan fingerprint density at radius 1 is 1.07 bits per heavy atom. The summed E-state index contributed by atoms with van der Waals surface area (Å²) in [4.78, 5) is 23.3. The fourth-order valence-electron chi connectivity index (χ4n) is 3.44. The van der Waals surface area contributed by atoms with Gasteiger partial charge in [-0.3, -0.25) is 9.59 Å². The van der Waals surface area contributed by atoms with Crippen LogP contribution in [0.15, 0.2) is 0 Å². The standard InChI is InChI=1S/C12H18O3/c1-8(2)9(13)11-3-5-12(7-11,6-4-11)10(14)15/h8H,3-7H2,1-2H3,(H,14,15). The first-order chi connectivity index (χ1) is 6.92. The van der Waals surface area contributed by atoms with Crippen LogP contribution in [0.3, 0.4) is 0 Å². The van der Waals surface area contributed by atoms with Crippen LogP contribution in [-0.2, 0) is 9.59 Å². The Hall–Kier alpha value is -0.860. The van der Waals surface area contributed by atoms with E-state index in [0.717, 1.165) is 12.8 Å². The third kappa shape index (κ3) is 1.32. The molecule has 0 unspecified atom stereocenters. The molecular formula is C12H18O3. The maximum absolute atomic E-state index is 12.1. The number of ketones is 1. The average molecular weight is 210 g/mol. The van der Waals surface area contributed by atoms with E-state index in [-0.39, 0.29) is 17.1 Å². The second-order valence-corrected chi connectivity index (χ2v) is 5.56. The van der Waals surface area contributed by atoms with Crippen molar-refractivity contribution in [3.05, 3.63) is 0 Å². The third-order valence-electron chi connectivity index (χ3n) is 4.34. The van der Waals surface area contributed by atoms with Gasteiger partial charge in [-0.25, -0.2) is 0 Å². The van der Waals surface area contributed by atoms with Gasteiger partial charge >= 0.3 is 5.97 Å². The van der Waals surface area contributed by atoms with Crippen molar-refractivity contribution in [1.82, 2.24) is 0 Å². The summed E-state index contributed by atoms with van der Waals surface area (Å²) in [5.41, 5.74) is -0.850. The normalized spacial score (nSPS) is 38.6. The first-order valence-corrected chi connectivity index (χ1v) is 5.70. The minimum absolute atomic E-state index is 0.0349. The van der Waals surface area contributed by atoms with Crippen LogP contribution in [0.1, 0.15) is 46.0 Å². The molecule has 0 aliphatic heterocycles. The lowest BCUT2D eigenvalue weighted by Gasteiger charge is -2.26. The zero-order valence-electron chi connectivity index (χ0n) is 9.38. The van der Waals surface area contributed by atoms with E-state index in [1.807, 2.05) is 13.8 Å². The fourth-order valence-corrected chi connectivity index (χ4v) is 3.44. The number of carbonyl (C=O) groups excluding carboxylic acids is 1. The van der Waals surface area contributed by atoms with Crippen molar-refractivity contribution in [2.75, 3.05) is 0 Å². The minimum Gasteiger partial charge on any atom is -0.481 e. The van der Waals surface area contributed by atoms with Gasteiger partial charge in [-0.15, -0.1) is 0 Å². The zero-order valence-corrected chi connectivity index (χ0v) is 9.38. The quantitative estimate of drug-likeness (QED) is 0.777. The van der Waals surface area contributed by atoms with Crippen LogP contribution >= 0.6 is 0 Å². The molecule has 2 aliphatic carbocycles. The number of rotatable bonds is 3. The van der Waals surface area contributed by atoms with Crippen molar-refractivity contribution in [1.29, 1.82) is 0 Å². The highest BCUT2D eigenvalue weighted by Crippen LogP contribution is 2.62. The highest BCUT2D eigenvalue weighted by molar-refractivity contribution is 5.89. The zero-order chi connectivity index (χ0) is 11.3. The van der Waals surface area contributed by atoms with Crippen LogP contribution in [0.2, 0.25) is 0 Å². The van der Waals surface area contributed by atoms with Gasteiger partial charge in [-0.1, -0.05) is 13.8 Å². The van der Waals surface area contributed by atoms with Crippen LogP contribution in [-0.4, -0.2) is 16.9 Å². The number of hydrogen-bond donors (Lipinski definition) is 1. The summed E-state index contributed by atoms with van der Waals surface area (Å²) in [5.74, 6) is -0.380. The van der Waals surface area contributed by atoms with Gasteiger partial charge in [0.25, 0.3) is 0 Å². The molecule has 0 aromatic rings. The topological polar surface area (TPSA) is 54.4 Å². The first-order valence-electron chi connectivity index (χ1n) is 5.70. The van der Waals surface area contributed by atoms with E-state index in [1.54, 1.807) is 0 Å². The molecule has 15 heavy (non-hydrogen) atoms.